The molecule has 1 amide bonds. The standard InChI is InChI=1S/C15H13IN2O/c16-10-4-6-11(7-5-10)18-15(19)13-9-12(13)14-3-1-2-8-17-14/h1-8,12-13H,9H2,(H,18,19)/t12-,13-/m1/s1. The SMILES string of the molecule is O=C(Nc1ccc(I)cc1)[C@@H]1C[C@H]1c1ccccn1. The smallest absolute Gasteiger partial charge is 0.228 e. The van der Waals surface area contributed by atoms with E-state index in [1.807, 2.05) is 42.5 Å². The van der Waals surface area contributed by atoms with E-state index in [1.165, 1.54) is 0 Å². The van der Waals surface area contributed by atoms with Crippen LogP contribution in [-0.2, 0) is 4.79 Å². The number of hydrogen-bond acceptors (Lipinski definition) is 2. The van der Waals surface area contributed by atoms with Gasteiger partial charge in [0.05, 0.1) is 0 Å². The summed E-state index contributed by atoms with van der Waals surface area (Å²) in [4.78, 5) is 16.4. The highest BCUT2D eigenvalue weighted by atomic mass is 127. The molecule has 19 heavy (non-hydrogen) atoms. The van der Waals surface area contributed by atoms with E-state index in [9.17, 15) is 4.79 Å². The zero-order valence-electron chi connectivity index (χ0n) is 10.2. The van der Waals surface area contributed by atoms with Crippen LogP contribution >= 0.6 is 22.6 Å². The van der Waals surface area contributed by atoms with Crippen LogP contribution in [0.5, 0.6) is 0 Å². The predicted molar refractivity (Wildman–Crippen MR) is 82.9 cm³/mol. The molecule has 2 atom stereocenters. The van der Waals surface area contributed by atoms with Gasteiger partial charge in [-0.1, -0.05) is 6.07 Å². The Hall–Kier alpha value is -1.43. The molecule has 1 aliphatic carbocycles. The van der Waals surface area contributed by atoms with Gasteiger partial charge in [0.25, 0.3) is 0 Å². The Morgan fingerprint density at radius 2 is 2.00 bits per heavy atom. The zero-order valence-corrected chi connectivity index (χ0v) is 12.4. The first-order valence-corrected chi connectivity index (χ1v) is 7.29. The number of hydrogen-bond donors (Lipinski definition) is 1. The number of nitrogens with one attached hydrogen (secondary N) is 1. The minimum absolute atomic E-state index is 0.0641. The van der Waals surface area contributed by atoms with Crippen molar-refractivity contribution in [2.75, 3.05) is 5.32 Å². The Balaban J connectivity index is 1.63. The van der Waals surface area contributed by atoms with E-state index >= 15 is 0 Å². The Bertz CT molecular complexity index is 583. The molecule has 0 aliphatic heterocycles. The zero-order chi connectivity index (χ0) is 13.2. The van der Waals surface area contributed by atoms with Gasteiger partial charge in [-0.3, -0.25) is 9.78 Å². The number of aromatic nitrogens is 1. The Labute approximate surface area is 125 Å². The lowest BCUT2D eigenvalue weighted by molar-refractivity contribution is -0.117. The van der Waals surface area contributed by atoms with Gasteiger partial charge in [-0.25, -0.2) is 0 Å². The second-order valence-electron chi connectivity index (χ2n) is 4.70. The third-order valence-corrected chi connectivity index (χ3v) is 4.03. The summed E-state index contributed by atoms with van der Waals surface area (Å²) in [5, 5.41) is 2.96. The van der Waals surface area contributed by atoms with Gasteiger partial charge in [-0.2, -0.15) is 0 Å². The van der Waals surface area contributed by atoms with Crippen LogP contribution in [0.1, 0.15) is 18.0 Å². The number of benzene rings is 1. The molecular weight excluding hydrogens is 351 g/mol. The number of anilines is 1. The largest absolute Gasteiger partial charge is 0.326 e. The molecule has 0 radical (unpaired) electrons. The highest BCUT2D eigenvalue weighted by Crippen LogP contribution is 2.47. The molecule has 1 saturated carbocycles. The number of pyridine rings is 1. The lowest BCUT2D eigenvalue weighted by atomic mass is 10.2. The van der Waals surface area contributed by atoms with Crippen molar-refractivity contribution in [1.29, 1.82) is 0 Å². The van der Waals surface area contributed by atoms with Crippen molar-refractivity contribution in [1.82, 2.24) is 4.98 Å². The number of carbonyl (C=O) groups is 1. The fourth-order valence-corrected chi connectivity index (χ4v) is 2.53. The Kier molecular flexibility index (Phi) is 3.50. The van der Waals surface area contributed by atoms with Crippen LogP contribution in [0.2, 0.25) is 0 Å². The van der Waals surface area contributed by atoms with E-state index in [2.05, 4.69) is 32.9 Å². The molecule has 4 heteroatoms. The van der Waals surface area contributed by atoms with E-state index in [4.69, 9.17) is 0 Å². The van der Waals surface area contributed by atoms with Crippen LogP contribution in [0.15, 0.2) is 48.7 Å². The minimum atomic E-state index is 0.0641. The van der Waals surface area contributed by atoms with Crippen LogP contribution in [0, 0.1) is 9.49 Å². The number of halogens is 1. The van der Waals surface area contributed by atoms with Crippen molar-refractivity contribution in [2.24, 2.45) is 5.92 Å². The van der Waals surface area contributed by atoms with Gasteiger partial charge in [0, 0.05) is 33.0 Å². The fourth-order valence-electron chi connectivity index (χ4n) is 2.18. The van der Waals surface area contributed by atoms with E-state index in [-0.39, 0.29) is 17.7 Å². The van der Waals surface area contributed by atoms with Crippen molar-refractivity contribution in [3.63, 3.8) is 0 Å². The quantitative estimate of drug-likeness (QED) is 0.848. The molecule has 1 aliphatic rings. The molecule has 96 valence electrons. The molecule has 0 unspecified atom stereocenters. The number of carbonyl (C=O) groups excluding carboxylic acids is 1. The van der Waals surface area contributed by atoms with Gasteiger partial charge in [0.2, 0.25) is 5.91 Å². The van der Waals surface area contributed by atoms with Crippen LogP contribution in [0.3, 0.4) is 0 Å². The Morgan fingerprint density at radius 3 is 2.68 bits per heavy atom. The van der Waals surface area contributed by atoms with E-state index in [1.54, 1.807) is 6.20 Å². The first-order valence-electron chi connectivity index (χ1n) is 6.21. The maximum atomic E-state index is 12.1. The molecule has 0 saturated heterocycles. The van der Waals surface area contributed by atoms with Gasteiger partial charge in [-0.15, -0.1) is 0 Å². The molecule has 1 heterocycles. The lowest BCUT2D eigenvalue weighted by Gasteiger charge is -2.04. The third-order valence-electron chi connectivity index (χ3n) is 3.31. The van der Waals surface area contributed by atoms with Gasteiger partial charge in [-0.05, 0) is 65.4 Å². The second kappa shape index (κ2) is 5.28. The molecular formula is C15H13IN2O. The monoisotopic (exact) mass is 364 g/mol. The first-order chi connectivity index (χ1) is 9.24. The summed E-state index contributed by atoms with van der Waals surface area (Å²) in [6.45, 7) is 0. The van der Waals surface area contributed by atoms with Crippen LogP contribution in [0.25, 0.3) is 0 Å². The van der Waals surface area contributed by atoms with E-state index < -0.39 is 0 Å². The van der Waals surface area contributed by atoms with E-state index in [0.717, 1.165) is 21.4 Å². The van der Waals surface area contributed by atoms with Crippen molar-refractivity contribution in [3.8, 4) is 0 Å². The molecule has 0 bridgehead atoms. The summed E-state index contributed by atoms with van der Waals surface area (Å²) >= 11 is 2.25. The summed E-state index contributed by atoms with van der Waals surface area (Å²) in [6.07, 6.45) is 2.68. The van der Waals surface area contributed by atoms with Crippen LogP contribution in [-0.4, -0.2) is 10.9 Å². The van der Waals surface area contributed by atoms with Gasteiger partial charge in [0.1, 0.15) is 0 Å². The highest BCUT2D eigenvalue weighted by Gasteiger charge is 2.44. The van der Waals surface area contributed by atoms with Gasteiger partial charge in [0.15, 0.2) is 0 Å². The molecule has 3 rings (SSSR count). The number of rotatable bonds is 3. The van der Waals surface area contributed by atoms with Crippen molar-refractivity contribution >= 4 is 34.2 Å². The van der Waals surface area contributed by atoms with Crippen molar-refractivity contribution in [2.45, 2.75) is 12.3 Å². The maximum absolute atomic E-state index is 12.1. The average Bonchev–Trinajstić information content (AvgIpc) is 3.23. The fraction of sp³-hybridized carbons (Fsp3) is 0.200. The summed E-state index contributed by atoms with van der Waals surface area (Å²) < 4.78 is 1.16. The predicted octanol–water partition coefficient (Wildman–Crippen LogP) is 3.43. The van der Waals surface area contributed by atoms with Gasteiger partial charge < -0.3 is 5.32 Å². The molecule has 1 N–H and O–H groups in total. The molecule has 1 fully saturated rings. The van der Waals surface area contributed by atoms with Gasteiger partial charge >= 0.3 is 0 Å². The summed E-state index contributed by atoms with van der Waals surface area (Å²) in [5.74, 6) is 0.441. The summed E-state index contributed by atoms with van der Waals surface area (Å²) in [7, 11) is 0. The van der Waals surface area contributed by atoms with Crippen LogP contribution in [0.4, 0.5) is 5.69 Å². The highest BCUT2D eigenvalue weighted by molar-refractivity contribution is 14.1. The summed E-state index contributed by atoms with van der Waals surface area (Å²) in [6, 6.07) is 13.7. The molecule has 1 aromatic heterocycles. The van der Waals surface area contributed by atoms with Crippen LogP contribution < -0.4 is 5.32 Å². The third kappa shape index (κ3) is 2.94. The summed E-state index contributed by atoms with van der Waals surface area (Å²) in [5.41, 5.74) is 1.88. The number of amides is 1. The minimum Gasteiger partial charge on any atom is -0.326 e. The first kappa shape index (κ1) is 12.6. The van der Waals surface area contributed by atoms with Crippen molar-refractivity contribution in [3.05, 3.63) is 57.9 Å². The number of nitrogens with zero attached hydrogens (tertiary/aromatic N) is 1. The second-order valence-corrected chi connectivity index (χ2v) is 5.95. The molecule has 0 spiro atoms. The molecule has 2 aromatic rings. The normalized spacial score (nSPS) is 20.9. The Morgan fingerprint density at radius 1 is 1.21 bits per heavy atom. The lowest BCUT2D eigenvalue weighted by Crippen LogP contribution is -2.14. The maximum Gasteiger partial charge on any atom is 0.228 e. The van der Waals surface area contributed by atoms with Crippen molar-refractivity contribution < 1.29 is 4.79 Å². The molecule has 3 nitrogen and oxygen atoms in total. The topological polar surface area (TPSA) is 42.0 Å². The average molecular weight is 364 g/mol. The molecule has 1 aromatic carbocycles. The van der Waals surface area contributed by atoms with E-state index in [0.29, 0.717) is 0 Å².